The molecule has 0 saturated carbocycles. The third-order valence-electron chi connectivity index (χ3n) is 10.6. The van der Waals surface area contributed by atoms with E-state index in [4.69, 9.17) is 9.47 Å². The van der Waals surface area contributed by atoms with Gasteiger partial charge in [-0.3, -0.25) is 19.2 Å². The Bertz CT molecular complexity index is 1320. The number of carboxylic acids is 1. The average molecular weight is 768 g/mol. The van der Waals surface area contributed by atoms with E-state index in [1.807, 2.05) is 71.9 Å². The van der Waals surface area contributed by atoms with E-state index in [2.05, 4.69) is 16.0 Å². The number of likely N-dealkylation sites (tertiary alicyclic amines) is 1. The van der Waals surface area contributed by atoms with Crippen LogP contribution in [0.1, 0.15) is 79.7 Å². The number of likely N-dealkylation sites (N-methyl/N-ethyl adjacent to an activating group) is 2. The Kier molecular flexibility index (Phi) is 20.6. The second-order valence-electron chi connectivity index (χ2n) is 14.9. The number of carbonyl (C=O) groups is 5. The highest BCUT2D eigenvalue weighted by Crippen LogP contribution is 2.29. The second-order valence-corrected chi connectivity index (χ2v) is 14.9. The van der Waals surface area contributed by atoms with E-state index in [1.54, 1.807) is 30.8 Å². The maximum Gasteiger partial charge on any atom is 0.326 e. The Morgan fingerprint density at radius 1 is 0.925 bits per heavy atom. The van der Waals surface area contributed by atoms with Crippen LogP contribution < -0.4 is 16.0 Å². The van der Waals surface area contributed by atoms with Crippen molar-refractivity contribution in [2.75, 3.05) is 34.9 Å². The van der Waals surface area contributed by atoms with E-state index >= 15 is 0 Å². The Balaban J connectivity index is 0.0000140. The number of benzene rings is 1. The number of halogens is 1. The van der Waals surface area contributed by atoms with Crippen molar-refractivity contribution in [1.82, 2.24) is 25.8 Å². The van der Waals surface area contributed by atoms with Crippen LogP contribution in [0.15, 0.2) is 30.3 Å². The van der Waals surface area contributed by atoms with Crippen molar-refractivity contribution in [2.45, 2.75) is 123 Å². The van der Waals surface area contributed by atoms with Crippen LogP contribution in [0.25, 0.3) is 0 Å². The van der Waals surface area contributed by atoms with Gasteiger partial charge in [0, 0.05) is 34.2 Å². The van der Waals surface area contributed by atoms with Crippen LogP contribution in [0.2, 0.25) is 0 Å². The van der Waals surface area contributed by atoms with E-state index < -0.39 is 60.2 Å². The summed E-state index contributed by atoms with van der Waals surface area (Å²) in [5.74, 6) is -3.27. The number of nitrogens with one attached hydrogen (secondary N) is 3. The highest BCUT2D eigenvalue weighted by molar-refractivity contribution is 5.90. The van der Waals surface area contributed by atoms with Gasteiger partial charge in [0.05, 0.1) is 42.7 Å². The Morgan fingerprint density at radius 3 is 2.02 bits per heavy atom. The summed E-state index contributed by atoms with van der Waals surface area (Å²) in [5.41, 5.74) is 0.785. The first-order valence-electron chi connectivity index (χ1n) is 18.7. The predicted molar refractivity (Wildman–Crippen MR) is 208 cm³/mol. The lowest BCUT2D eigenvalue weighted by Crippen LogP contribution is -2.59. The highest BCUT2D eigenvalue weighted by Gasteiger charge is 2.43. The fourth-order valence-electron chi connectivity index (χ4n) is 7.40. The molecule has 0 radical (unpaired) electrons. The maximum absolute atomic E-state index is 14.1. The van der Waals surface area contributed by atoms with Crippen LogP contribution in [-0.2, 0) is 39.9 Å². The summed E-state index contributed by atoms with van der Waals surface area (Å²) in [6, 6.07) is 5.84. The molecule has 53 heavy (non-hydrogen) atoms. The van der Waals surface area contributed by atoms with Gasteiger partial charge in [-0.15, -0.1) is 12.4 Å². The van der Waals surface area contributed by atoms with E-state index in [0.717, 1.165) is 12.0 Å². The van der Waals surface area contributed by atoms with Gasteiger partial charge in [-0.05, 0) is 43.2 Å². The number of carbonyl (C=O) groups excluding carboxylic acids is 4. The van der Waals surface area contributed by atoms with Crippen molar-refractivity contribution in [3.05, 3.63) is 35.9 Å². The maximum atomic E-state index is 14.1. The molecule has 0 bridgehead atoms. The Labute approximate surface area is 323 Å². The van der Waals surface area contributed by atoms with Crippen LogP contribution in [0.3, 0.4) is 0 Å². The van der Waals surface area contributed by atoms with Crippen LogP contribution in [0, 0.1) is 23.7 Å². The number of amides is 4. The second kappa shape index (κ2) is 22.8. The lowest BCUT2D eigenvalue weighted by Gasteiger charge is -2.41. The molecule has 1 aliphatic rings. The summed E-state index contributed by atoms with van der Waals surface area (Å²) in [6.07, 6.45) is 0.818. The number of hydrogen-bond acceptors (Lipinski definition) is 8. The van der Waals surface area contributed by atoms with Gasteiger partial charge >= 0.3 is 5.97 Å². The molecule has 2 rings (SSSR count). The summed E-state index contributed by atoms with van der Waals surface area (Å²) < 4.78 is 11.8. The molecule has 1 fully saturated rings. The molecule has 1 aliphatic heterocycles. The molecular formula is C39H66ClN5O8. The molecule has 1 heterocycles. The van der Waals surface area contributed by atoms with Crippen molar-refractivity contribution in [3.63, 3.8) is 0 Å². The number of methoxy groups -OCH3 is 2. The molecule has 9 unspecified atom stereocenters. The van der Waals surface area contributed by atoms with Crippen molar-refractivity contribution < 1.29 is 38.6 Å². The summed E-state index contributed by atoms with van der Waals surface area (Å²) in [4.78, 5) is 70.3. The summed E-state index contributed by atoms with van der Waals surface area (Å²) in [6.45, 7) is 13.9. The monoisotopic (exact) mass is 767 g/mol. The molecule has 302 valence electrons. The highest BCUT2D eigenvalue weighted by atomic mass is 35.5. The normalized spacial score (nSPS) is 18.9. The van der Waals surface area contributed by atoms with Crippen molar-refractivity contribution in [3.8, 4) is 0 Å². The zero-order valence-corrected chi connectivity index (χ0v) is 34.4. The smallest absolute Gasteiger partial charge is 0.326 e. The molecular weight excluding hydrogens is 702 g/mol. The van der Waals surface area contributed by atoms with Crippen LogP contribution in [0.5, 0.6) is 0 Å². The topological polar surface area (TPSA) is 167 Å². The zero-order chi connectivity index (χ0) is 39.3. The molecule has 13 nitrogen and oxygen atoms in total. The molecule has 14 heteroatoms. The predicted octanol–water partition coefficient (Wildman–Crippen LogP) is 3.53. The first kappa shape index (κ1) is 47.8. The zero-order valence-electron chi connectivity index (χ0n) is 33.6. The number of nitrogens with zero attached hydrogens (tertiary/aromatic N) is 2. The summed E-state index contributed by atoms with van der Waals surface area (Å²) in [7, 11) is 6.46. The van der Waals surface area contributed by atoms with Crippen LogP contribution in [-0.4, -0.2) is 122 Å². The first-order chi connectivity index (χ1) is 24.5. The quantitative estimate of drug-likeness (QED) is 0.146. The SMILES string of the molecule is CCC(C)C(C(CC(=O)N1CCCC1C(OC)C(C)C(=O)NC(Cc1ccccc1)C(=O)O)OC)N(C)C(=O)C(NC(=O)C(NC)C(C)C)C(C)C.Cl. The molecule has 1 aromatic rings. The molecule has 4 amide bonds. The number of carboxylic acid groups (broad SMARTS) is 1. The average Bonchev–Trinajstić information content (AvgIpc) is 3.59. The van der Waals surface area contributed by atoms with E-state index in [9.17, 15) is 29.1 Å². The van der Waals surface area contributed by atoms with Crippen molar-refractivity contribution in [2.24, 2.45) is 23.7 Å². The van der Waals surface area contributed by atoms with Gasteiger partial charge < -0.3 is 40.3 Å². The van der Waals surface area contributed by atoms with Gasteiger partial charge in [0.2, 0.25) is 23.6 Å². The lowest BCUT2D eigenvalue weighted by molar-refractivity contribution is -0.148. The summed E-state index contributed by atoms with van der Waals surface area (Å²) >= 11 is 0. The lowest BCUT2D eigenvalue weighted by atomic mass is 9.89. The third-order valence-corrected chi connectivity index (χ3v) is 10.6. The van der Waals surface area contributed by atoms with Gasteiger partial charge in [0.25, 0.3) is 0 Å². The molecule has 9 atom stereocenters. The van der Waals surface area contributed by atoms with Crippen LogP contribution in [0.4, 0.5) is 0 Å². The minimum absolute atomic E-state index is 0. The van der Waals surface area contributed by atoms with E-state index in [-0.39, 0.29) is 60.7 Å². The van der Waals surface area contributed by atoms with Crippen molar-refractivity contribution in [1.29, 1.82) is 0 Å². The number of rotatable bonds is 21. The molecule has 0 aliphatic carbocycles. The van der Waals surface area contributed by atoms with Gasteiger partial charge in [0.1, 0.15) is 12.1 Å². The molecule has 0 aromatic heterocycles. The standard InChI is InChI=1S/C39H65N5O8.ClH/c1-12-25(6)34(43(9)38(48)33(24(4)5)42-37(47)32(40-8)23(2)3)30(51-10)22-31(45)44-20-16-19-29(44)35(52-11)26(7)36(46)41-28(39(49)50)21-27-17-14-13-15-18-27;/h13-15,17-18,23-26,28-30,32-35,40H,12,16,19-22H2,1-11H3,(H,41,46)(H,42,47)(H,49,50);1H. The van der Waals surface area contributed by atoms with Crippen LogP contribution >= 0.6 is 12.4 Å². The number of hydrogen-bond donors (Lipinski definition) is 4. The molecule has 1 aromatic carbocycles. The Hall–Kier alpha value is -3.26. The number of ether oxygens (including phenoxy) is 2. The van der Waals surface area contributed by atoms with Gasteiger partial charge in [-0.2, -0.15) is 0 Å². The Morgan fingerprint density at radius 2 is 1.53 bits per heavy atom. The molecule has 0 spiro atoms. The minimum Gasteiger partial charge on any atom is -0.480 e. The van der Waals surface area contributed by atoms with E-state index in [0.29, 0.717) is 19.4 Å². The van der Waals surface area contributed by atoms with Crippen molar-refractivity contribution >= 4 is 42.0 Å². The summed E-state index contributed by atoms with van der Waals surface area (Å²) in [5, 5.41) is 18.5. The third kappa shape index (κ3) is 12.9. The van der Waals surface area contributed by atoms with Gasteiger partial charge in [0.15, 0.2) is 0 Å². The fraction of sp³-hybridized carbons (Fsp3) is 0.718. The molecule has 4 N–H and O–H groups in total. The first-order valence-corrected chi connectivity index (χ1v) is 18.7. The fourth-order valence-corrected chi connectivity index (χ4v) is 7.40. The number of aliphatic carboxylic acids is 1. The van der Waals surface area contributed by atoms with Gasteiger partial charge in [-0.1, -0.05) is 85.2 Å². The largest absolute Gasteiger partial charge is 0.480 e. The minimum atomic E-state index is -1.14. The molecule has 1 saturated heterocycles. The van der Waals surface area contributed by atoms with E-state index in [1.165, 1.54) is 14.2 Å². The van der Waals surface area contributed by atoms with Gasteiger partial charge in [-0.25, -0.2) is 4.79 Å².